The third-order valence-electron chi connectivity index (χ3n) is 4.00. The minimum atomic E-state index is -0.0286. The zero-order chi connectivity index (χ0) is 16.1. The van der Waals surface area contributed by atoms with Gasteiger partial charge in [0.2, 0.25) is 5.89 Å². The molecule has 3 aromatic rings. The van der Waals surface area contributed by atoms with E-state index in [-0.39, 0.29) is 5.41 Å². The van der Waals surface area contributed by atoms with Gasteiger partial charge in [0.05, 0.1) is 0 Å². The maximum Gasteiger partial charge on any atom is 0.227 e. The van der Waals surface area contributed by atoms with Gasteiger partial charge in [0.1, 0.15) is 5.52 Å². The van der Waals surface area contributed by atoms with Crippen LogP contribution in [0.2, 0.25) is 0 Å². The van der Waals surface area contributed by atoms with Crippen LogP contribution in [0, 0.1) is 13.8 Å². The first-order valence-corrected chi connectivity index (χ1v) is 7.54. The molecule has 1 aromatic heterocycles. The molecule has 0 saturated carbocycles. The SMILES string of the molecule is Cc1ccc(-c2nc3cc(N)c(C(C)(C)C)c(C)c3o2)cc1. The van der Waals surface area contributed by atoms with Crippen LogP contribution in [0.3, 0.4) is 0 Å². The van der Waals surface area contributed by atoms with Gasteiger partial charge in [-0.25, -0.2) is 4.98 Å². The van der Waals surface area contributed by atoms with Crippen molar-refractivity contribution in [1.29, 1.82) is 0 Å². The summed E-state index contributed by atoms with van der Waals surface area (Å²) in [5.74, 6) is 0.642. The van der Waals surface area contributed by atoms with Crippen LogP contribution in [0.15, 0.2) is 34.7 Å². The van der Waals surface area contributed by atoms with Crippen molar-refractivity contribution in [1.82, 2.24) is 4.98 Å². The van der Waals surface area contributed by atoms with Crippen molar-refractivity contribution in [3.63, 3.8) is 0 Å². The molecule has 0 amide bonds. The fraction of sp³-hybridized carbons (Fsp3) is 0.316. The van der Waals surface area contributed by atoms with Crippen molar-refractivity contribution in [2.24, 2.45) is 0 Å². The van der Waals surface area contributed by atoms with Gasteiger partial charge in [0.15, 0.2) is 5.58 Å². The van der Waals surface area contributed by atoms with E-state index >= 15 is 0 Å². The average molecular weight is 294 g/mol. The van der Waals surface area contributed by atoms with Crippen LogP contribution in [-0.4, -0.2) is 4.98 Å². The van der Waals surface area contributed by atoms with Crippen molar-refractivity contribution < 1.29 is 4.42 Å². The second-order valence-electron chi connectivity index (χ2n) is 6.95. The van der Waals surface area contributed by atoms with Gasteiger partial charge in [-0.1, -0.05) is 38.5 Å². The van der Waals surface area contributed by atoms with Gasteiger partial charge in [0.25, 0.3) is 0 Å². The van der Waals surface area contributed by atoms with E-state index in [1.807, 2.05) is 18.2 Å². The van der Waals surface area contributed by atoms with E-state index in [4.69, 9.17) is 10.2 Å². The number of oxazole rings is 1. The highest BCUT2D eigenvalue weighted by Crippen LogP contribution is 2.37. The smallest absolute Gasteiger partial charge is 0.227 e. The van der Waals surface area contributed by atoms with Gasteiger partial charge in [-0.05, 0) is 48.6 Å². The maximum atomic E-state index is 6.26. The molecule has 2 aromatic carbocycles. The van der Waals surface area contributed by atoms with Gasteiger partial charge in [-0.2, -0.15) is 0 Å². The first-order valence-electron chi connectivity index (χ1n) is 7.54. The summed E-state index contributed by atoms with van der Waals surface area (Å²) < 4.78 is 6.05. The van der Waals surface area contributed by atoms with Crippen LogP contribution >= 0.6 is 0 Å². The summed E-state index contributed by atoms with van der Waals surface area (Å²) in [5, 5.41) is 0. The Kier molecular flexibility index (Phi) is 3.24. The lowest BCUT2D eigenvalue weighted by molar-refractivity contribution is 0.580. The third kappa shape index (κ3) is 2.37. The number of aryl methyl sites for hydroxylation is 2. The second kappa shape index (κ2) is 4.87. The minimum Gasteiger partial charge on any atom is -0.436 e. The first-order chi connectivity index (χ1) is 10.3. The van der Waals surface area contributed by atoms with Crippen molar-refractivity contribution in [2.45, 2.75) is 40.0 Å². The number of nitrogens with two attached hydrogens (primary N) is 1. The average Bonchev–Trinajstić information content (AvgIpc) is 2.82. The summed E-state index contributed by atoms with van der Waals surface area (Å²) in [6.45, 7) is 10.6. The largest absolute Gasteiger partial charge is 0.436 e. The van der Waals surface area contributed by atoms with Crippen LogP contribution in [0.5, 0.6) is 0 Å². The molecule has 0 bridgehead atoms. The molecule has 0 saturated heterocycles. The van der Waals surface area contributed by atoms with Gasteiger partial charge in [-0.3, -0.25) is 0 Å². The van der Waals surface area contributed by atoms with Gasteiger partial charge >= 0.3 is 0 Å². The quantitative estimate of drug-likeness (QED) is 0.643. The summed E-state index contributed by atoms with van der Waals surface area (Å²) in [6, 6.07) is 10.1. The normalized spacial score (nSPS) is 12.0. The van der Waals surface area contributed by atoms with Gasteiger partial charge in [0, 0.05) is 11.3 Å². The molecule has 3 rings (SSSR count). The highest BCUT2D eigenvalue weighted by atomic mass is 16.3. The van der Waals surface area contributed by atoms with E-state index in [0.717, 1.165) is 33.5 Å². The molecule has 0 aliphatic heterocycles. The van der Waals surface area contributed by atoms with E-state index in [2.05, 4.69) is 51.7 Å². The Morgan fingerprint density at radius 3 is 2.27 bits per heavy atom. The predicted octanol–water partition coefficient (Wildman–Crippen LogP) is 4.99. The maximum absolute atomic E-state index is 6.26. The Bertz CT molecular complexity index is 836. The summed E-state index contributed by atoms with van der Waals surface area (Å²) in [4.78, 5) is 4.61. The number of rotatable bonds is 1. The van der Waals surface area contributed by atoms with Crippen LogP contribution in [0.4, 0.5) is 5.69 Å². The summed E-state index contributed by atoms with van der Waals surface area (Å²) in [5.41, 5.74) is 13.1. The Morgan fingerprint density at radius 1 is 1.05 bits per heavy atom. The van der Waals surface area contributed by atoms with Gasteiger partial charge < -0.3 is 10.2 Å². The van der Waals surface area contributed by atoms with E-state index < -0.39 is 0 Å². The Hall–Kier alpha value is -2.29. The van der Waals surface area contributed by atoms with E-state index in [1.165, 1.54) is 5.56 Å². The van der Waals surface area contributed by atoms with E-state index in [0.29, 0.717) is 5.89 Å². The van der Waals surface area contributed by atoms with Crippen LogP contribution in [-0.2, 0) is 5.41 Å². The number of nitrogens with zero attached hydrogens (tertiary/aromatic N) is 1. The Morgan fingerprint density at radius 2 is 1.68 bits per heavy atom. The van der Waals surface area contributed by atoms with Crippen molar-refractivity contribution in [3.05, 3.63) is 47.0 Å². The van der Waals surface area contributed by atoms with Crippen LogP contribution in [0.25, 0.3) is 22.6 Å². The van der Waals surface area contributed by atoms with Crippen molar-refractivity contribution in [3.8, 4) is 11.5 Å². The molecule has 1 heterocycles. The lowest BCUT2D eigenvalue weighted by Crippen LogP contribution is -2.16. The molecule has 0 fully saturated rings. The highest BCUT2D eigenvalue weighted by molar-refractivity contribution is 5.85. The van der Waals surface area contributed by atoms with Gasteiger partial charge in [-0.15, -0.1) is 0 Å². The third-order valence-corrected chi connectivity index (χ3v) is 4.00. The van der Waals surface area contributed by atoms with Crippen molar-refractivity contribution in [2.75, 3.05) is 5.73 Å². The molecule has 3 heteroatoms. The number of hydrogen-bond donors (Lipinski definition) is 1. The molecule has 2 N–H and O–H groups in total. The van der Waals surface area contributed by atoms with E-state index in [1.54, 1.807) is 0 Å². The Labute approximate surface area is 131 Å². The fourth-order valence-electron chi connectivity index (χ4n) is 3.06. The summed E-state index contributed by atoms with van der Waals surface area (Å²) >= 11 is 0. The first kappa shape index (κ1) is 14.6. The fourth-order valence-corrected chi connectivity index (χ4v) is 3.06. The number of benzene rings is 2. The molecule has 0 aliphatic carbocycles. The predicted molar refractivity (Wildman–Crippen MR) is 92.0 cm³/mol. The molecule has 0 aliphatic rings. The number of anilines is 1. The van der Waals surface area contributed by atoms with Crippen LogP contribution < -0.4 is 5.73 Å². The molecule has 0 spiro atoms. The monoisotopic (exact) mass is 294 g/mol. The second-order valence-corrected chi connectivity index (χ2v) is 6.95. The molecule has 114 valence electrons. The number of nitrogen functional groups attached to an aromatic ring is 1. The standard InChI is InChI=1S/C19H22N2O/c1-11-6-8-13(9-7-11)18-21-15-10-14(20)16(19(3,4)5)12(2)17(15)22-18/h6-10H,20H2,1-5H3. The molecule has 0 radical (unpaired) electrons. The number of hydrogen-bond acceptors (Lipinski definition) is 3. The zero-order valence-corrected chi connectivity index (χ0v) is 13.8. The lowest BCUT2D eigenvalue weighted by Gasteiger charge is -2.23. The zero-order valence-electron chi connectivity index (χ0n) is 13.8. The lowest BCUT2D eigenvalue weighted by atomic mass is 9.82. The molecule has 22 heavy (non-hydrogen) atoms. The Balaban J connectivity index is 2.22. The van der Waals surface area contributed by atoms with E-state index in [9.17, 15) is 0 Å². The topological polar surface area (TPSA) is 52.0 Å². The number of aromatic nitrogens is 1. The number of fused-ring (bicyclic) bond motifs is 1. The van der Waals surface area contributed by atoms with Crippen molar-refractivity contribution >= 4 is 16.8 Å². The molecular weight excluding hydrogens is 272 g/mol. The molecule has 0 unspecified atom stereocenters. The minimum absolute atomic E-state index is 0.0286. The molecule has 3 nitrogen and oxygen atoms in total. The molecule has 0 atom stereocenters. The summed E-state index contributed by atoms with van der Waals surface area (Å²) in [7, 11) is 0. The molecular formula is C19H22N2O. The summed E-state index contributed by atoms with van der Waals surface area (Å²) in [6.07, 6.45) is 0. The van der Waals surface area contributed by atoms with Crippen LogP contribution in [0.1, 0.15) is 37.5 Å². The highest BCUT2D eigenvalue weighted by Gasteiger charge is 2.23.